The summed E-state index contributed by atoms with van der Waals surface area (Å²) >= 11 is 0. The summed E-state index contributed by atoms with van der Waals surface area (Å²) in [6.45, 7) is 2.18. The van der Waals surface area contributed by atoms with Crippen LogP contribution in [0.15, 0.2) is 0 Å². The molecule has 0 aromatic carbocycles. The van der Waals surface area contributed by atoms with Crippen molar-refractivity contribution in [1.82, 2.24) is 5.32 Å². The van der Waals surface area contributed by atoms with Gasteiger partial charge < -0.3 is 10.4 Å². The predicted octanol–water partition coefficient (Wildman–Crippen LogP) is 5.76. The molecule has 0 heterocycles. The highest BCUT2D eigenvalue weighted by atomic mass is 17.9. The van der Waals surface area contributed by atoms with E-state index in [2.05, 4.69) is 40.4 Å². The highest BCUT2D eigenvalue weighted by Crippen LogP contribution is 2.13. The minimum Gasteiger partial charge on any atom is -0.481 e. The number of nitrogens with one attached hydrogen (secondary N) is 1. The summed E-state index contributed by atoms with van der Waals surface area (Å²) < 4.78 is 0. The van der Waals surface area contributed by atoms with Crippen molar-refractivity contribution in [2.45, 2.75) is 116 Å². The second kappa shape index (κ2) is 29.1. The third-order valence-corrected chi connectivity index (χ3v) is 5.27. The maximum Gasteiger partial charge on any atom is 0.303 e. The first-order valence-corrected chi connectivity index (χ1v) is 12.5. The fraction of sp³-hybridized carbons (Fsp3) is 0.955. The largest absolute Gasteiger partial charge is 0.481 e. The fourth-order valence-electron chi connectivity index (χ4n) is 3.48. The number of hydrogen-bond acceptors (Lipinski definition) is 10. The van der Waals surface area contributed by atoms with E-state index >= 15 is 0 Å². The van der Waals surface area contributed by atoms with Crippen molar-refractivity contribution in [1.29, 1.82) is 0 Å². The van der Waals surface area contributed by atoms with E-state index < -0.39 is 5.97 Å². The molecule has 0 aromatic rings. The number of carboxylic acid groups (broad SMARTS) is 1. The van der Waals surface area contributed by atoms with Gasteiger partial charge in [0.1, 0.15) is 0 Å². The Kier molecular flexibility index (Phi) is 28.4. The Balaban J connectivity index is 3.01. The highest BCUT2D eigenvalue weighted by molar-refractivity contribution is 5.66. The molecule has 0 fully saturated rings. The van der Waals surface area contributed by atoms with Crippen LogP contribution < -0.4 is 5.32 Å². The standard InChI is InChI=1S/C22H45NO10/c24-22(25)18-17-20-23-19-15-13-11-9-7-5-3-1-2-4-6-8-10-12-14-16-21-27-29-31-33-32-30-28-26/h23,26H,1-21H2,(H,24,25). The van der Waals surface area contributed by atoms with Crippen LogP contribution in [0.1, 0.15) is 116 Å². The van der Waals surface area contributed by atoms with Crippen molar-refractivity contribution < 1.29 is 50.3 Å². The molecule has 0 saturated carbocycles. The van der Waals surface area contributed by atoms with Gasteiger partial charge in [-0.1, -0.05) is 89.9 Å². The summed E-state index contributed by atoms with van der Waals surface area (Å²) in [5, 5.41) is 41.5. The molecule has 0 rings (SSSR count). The zero-order valence-electron chi connectivity index (χ0n) is 20.0. The van der Waals surface area contributed by atoms with Crippen molar-refractivity contribution >= 4 is 5.97 Å². The molecule has 0 atom stereocenters. The number of hydrogen-bond donors (Lipinski definition) is 3. The molecule has 11 nitrogen and oxygen atoms in total. The smallest absolute Gasteiger partial charge is 0.303 e. The second-order valence-electron chi connectivity index (χ2n) is 8.14. The Bertz CT molecular complexity index is 390. The number of carboxylic acids is 1. The van der Waals surface area contributed by atoms with Gasteiger partial charge in [-0.3, -0.25) is 4.79 Å². The monoisotopic (exact) mass is 483 g/mol. The third kappa shape index (κ3) is 31.1. The molecule has 0 aliphatic rings. The van der Waals surface area contributed by atoms with Gasteiger partial charge in [-0.2, -0.15) is 0 Å². The lowest BCUT2D eigenvalue weighted by atomic mass is 10.0. The van der Waals surface area contributed by atoms with Crippen molar-refractivity contribution in [2.75, 3.05) is 19.7 Å². The maximum absolute atomic E-state index is 10.4. The molecule has 0 saturated heterocycles. The Hall–Kier alpha value is -0.890. The van der Waals surface area contributed by atoms with Gasteiger partial charge in [0.25, 0.3) is 0 Å². The first kappa shape index (κ1) is 32.1. The maximum atomic E-state index is 10.4. The van der Waals surface area contributed by atoms with Gasteiger partial charge in [0.2, 0.25) is 0 Å². The average Bonchev–Trinajstić information content (AvgIpc) is 2.80. The zero-order valence-corrected chi connectivity index (χ0v) is 20.0. The molecule has 0 amide bonds. The molecule has 11 heteroatoms. The summed E-state index contributed by atoms with van der Waals surface area (Å²) in [6, 6.07) is 0. The van der Waals surface area contributed by atoms with Crippen LogP contribution >= 0.6 is 0 Å². The normalized spacial score (nSPS) is 11.3. The molecule has 0 aliphatic heterocycles. The molecule has 0 unspecified atom stereocenters. The molecule has 0 bridgehead atoms. The van der Waals surface area contributed by atoms with E-state index in [1.54, 1.807) is 0 Å². The topological polar surface area (TPSA) is 134 Å². The van der Waals surface area contributed by atoms with Gasteiger partial charge in [-0.05, 0) is 62.6 Å². The van der Waals surface area contributed by atoms with E-state index in [1.807, 2.05) is 0 Å². The number of aliphatic carboxylic acids is 1. The average molecular weight is 484 g/mol. The van der Waals surface area contributed by atoms with Crippen molar-refractivity contribution in [3.05, 3.63) is 0 Å². The number of rotatable bonds is 29. The van der Waals surface area contributed by atoms with Gasteiger partial charge in [0.05, 0.1) is 6.61 Å². The fourth-order valence-corrected chi connectivity index (χ4v) is 3.48. The Labute approximate surface area is 197 Å². The third-order valence-electron chi connectivity index (χ3n) is 5.27. The van der Waals surface area contributed by atoms with Gasteiger partial charge in [-0.15, -0.1) is 0 Å². The lowest BCUT2D eigenvalue weighted by Gasteiger charge is -2.05. The Morgan fingerprint density at radius 3 is 1.48 bits per heavy atom. The molecule has 0 radical (unpaired) electrons. The lowest BCUT2D eigenvalue weighted by molar-refractivity contribution is -0.812. The van der Waals surface area contributed by atoms with Gasteiger partial charge in [0.15, 0.2) is 0 Å². The molecular weight excluding hydrogens is 438 g/mol. The predicted molar refractivity (Wildman–Crippen MR) is 119 cm³/mol. The van der Waals surface area contributed by atoms with Gasteiger partial charge >= 0.3 is 5.97 Å². The number of carbonyl (C=O) groups is 1. The molecule has 0 aromatic heterocycles. The Morgan fingerprint density at radius 1 is 0.545 bits per heavy atom. The zero-order chi connectivity index (χ0) is 24.1. The molecule has 3 N–H and O–H groups in total. The van der Waals surface area contributed by atoms with Crippen molar-refractivity contribution in [2.24, 2.45) is 0 Å². The SMILES string of the molecule is O=C(O)CCCNCCCCCCCCCCCCCCCCCCOOOOOOOO. The minimum atomic E-state index is -0.712. The van der Waals surface area contributed by atoms with Crippen LogP contribution in [-0.2, 0) is 39.9 Å². The van der Waals surface area contributed by atoms with Crippen molar-refractivity contribution in [3.8, 4) is 0 Å². The highest BCUT2D eigenvalue weighted by Gasteiger charge is 1.98. The summed E-state index contributed by atoms with van der Waals surface area (Å²) in [4.78, 5) is 15.1. The second-order valence-corrected chi connectivity index (χ2v) is 8.14. The summed E-state index contributed by atoms with van der Waals surface area (Å²) in [5.74, 6) is -0.712. The van der Waals surface area contributed by atoms with E-state index in [4.69, 9.17) is 10.4 Å². The van der Waals surface area contributed by atoms with Gasteiger partial charge in [0, 0.05) is 6.42 Å². The van der Waals surface area contributed by atoms with Crippen LogP contribution in [0.25, 0.3) is 0 Å². The first-order valence-electron chi connectivity index (χ1n) is 12.5. The molecule has 198 valence electrons. The van der Waals surface area contributed by atoms with Crippen LogP contribution in [0.5, 0.6) is 0 Å². The number of unbranched alkanes of at least 4 members (excludes halogenated alkanes) is 15. The van der Waals surface area contributed by atoms with Crippen LogP contribution in [-0.4, -0.2) is 36.0 Å². The quantitative estimate of drug-likeness (QED) is 0.0680. The first-order chi connectivity index (χ1) is 16.3. The molecule has 0 spiro atoms. The van der Waals surface area contributed by atoms with E-state index in [0.717, 1.165) is 32.4 Å². The van der Waals surface area contributed by atoms with Crippen LogP contribution in [0, 0.1) is 0 Å². The molecule has 0 aliphatic carbocycles. The molecular formula is C22H45NO10. The van der Waals surface area contributed by atoms with E-state index in [9.17, 15) is 4.79 Å². The van der Waals surface area contributed by atoms with Crippen molar-refractivity contribution in [3.63, 3.8) is 0 Å². The summed E-state index contributed by atoms with van der Waals surface area (Å²) in [5.41, 5.74) is 0. The van der Waals surface area contributed by atoms with Crippen LogP contribution in [0.4, 0.5) is 0 Å². The lowest BCUT2D eigenvalue weighted by Crippen LogP contribution is -2.17. The Morgan fingerprint density at radius 2 is 0.970 bits per heavy atom. The van der Waals surface area contributed by atoms with Crippen LogP contribution in [0.2, 0.25) is 0 Å². The van der Waals surface area contributed by atoms with E-state index in [-0.39, 0.29) is 6.42 Å². The van der Waals surface area contributed by atoms with E-state index in [0.29, 0.717) is 6.61 Å². The summed E-state index contributed by atoms with van der Waals surface area (Å²) in [7, 11) is 0. The van der Waals surface area contributed by atoms with E-state index in [1.165, 1.54) is 89.9 Å². The molecule has 33 heavy (non-hydrogen) atoms. The minimum absolute atomic E-state index is 0.259. The summed E-state index contributed by atoms with van der Waals surface area (Å²) in [6.07, 6.45) is 21.1. The van der Waals surface area contributed by atoms with Gasteiger partial charge in [-0.25, -0.2) is 10.1 Å². The van der Waals surface area contributed by atoms with Crippen LogP contribution in [0.3, 0.4) is 0 Å².